The summed E-state index contributed by atoms with van der Waals surface area (Å²) in [6.07, 6.45) is 3.80. The summed E-state index contributed by atoms with van der Waals surface area (Å²) >= 11 is 0. The number of benzene rings is 1. The second-order valence-electron chi connectivity index (χ2n) is 6.49. The van der Waals surface area contributed by atoms with Crippen LogP contribution in [-0.4, -0.2) is 44.8 Å². The molecule has 3 N–H and O–H groups in total. The second kappa shape index (κ2) is 9.37. The Hall–Kier alpha value is -1.14. The van der Waals surface area contributed by atoms with Gasteiger partial charge in [0.25, 0.3) is 5.91 Å². The van der Waals surface area contributed by atoms with Gasteiger partial charge in [-0.15, -0.1) is 12.4 Å². The number of rotatable bonds is 5. The Labute approximate surface area is 150 Å². The maximum atomic E-state index is 11.6. The van der Waals surface area contributed by atoms with Crippen LogP contribution in [0, 0.1) is 5.92 Å². The smallest absolute Gasteiger partial charge is 0.251 e. The third-order valence-electron chi connectivity index (χ3n) is 5.05. The number of carbonyl (C=O) groups excluding carboxylic acids is 1. The molecule has 1 aliphatic carbocycles. The van der Waals surface area contributed by atoms with Crippen LogP contribution in [0.25, 0.3) is 0 Å². The van der Waals surface area contributed by atoms with Crippen LogP contribution in [0.2, 0.25) is 0 Å². The van der Waals surface area contributed by atoms with Gasteiger partial charge in [-0.05, 0) is 36.5 Å². The van der Waals surface area contributed by atoms with Gasteiger partial charge >= 0.3 is 0 Å². The molecule has 1 aromatic carbocycles. The zero-order chi connectivity index (χ0) is 16.1. The van der Waals surface area contributed by atoms with Crippen LogP contribution in [0.4, 0.5) is 0 Å². The van der Waals surface area contributed by atoms with Crippen LogP contribution < -0.4 is 16.0 Å². The molecule has 5 nitrogen and oxygen atoms in total. The lowest BCUT2D eigenvalue weighted by Crippen LogP contribution is -2.50. The summed E-state index contributed by atoms with van der Waals surface area (Å²) in [6.45, 7) is 3.49. The zero-order valence-corrected chi connectivity index (χ0v) is 15.0. The molecular weight excluding hydrogens is 326 g/mol. The molecule has 0 spiro atoms. The molecule has 3 unspecified atom stereocenters. The summed E-state index contributed by atoms with van der Waals surface area (Å²) < 4.78 is 5.62. The van der Waals surface area contributed by atoms with Gasteiger partial charge in [0.05, 0.1) is 13.2 Å². The van der Waals surface area contributed by atoms with E-state index in [1.54, 1.807) is 7.05 Å². The molecule has 0 aromatic heterocycles. The van der Waals surface area contributed by atoms with Crippen molar-refractivity contribution in [2.75, 3.05) is 26.8 Å². The Morgan fingerprint density at radius 3 is 2.75 bits per heavy atom. The number of halogens is 1. The molecule has 3 rings (SSSR count). The summed E-state index contributed by atoms with van der Waals surface area (Å²) in [5.74, 6) is 0.615. The first-order valence-electron chi connectivity index (χ1n) is 8.63. The molecule has 2 aliphatic rings. The number of carbonyl (C=O) groups is 1. The van der Waals surface area contributed by atoms with Gasteiger partial charge in [-0.2, -0.15) is 0 Å². The van der Waals surface area contributed by atoms with Crippen molar-refractivity contribution in [3.8, 4) is 0 Å². The summed E-state index contributed by atoms with van der Waals surface area (Å²) in [4.78, 5) is 11.6. The van der Waals surface area contributed by atoms with Gasteiger partial charge in [-0.25, -0.2) is 0 Å². The van der Waals surface area contributed by atoms with Crippen LogP contribution in [0.15, 0.2) is 24.3 Å². The third-order valence-corrected chi connectivity index (χ3v) is 5.05. The first-order valence-corrected chi connectivity index (χ1v) is 8.63. The highest BCUT2D eigenvalue weighted by molar-refractivity contribution is 5.93. The maximum Gasteiger partial charge on any atom is 0.251 e. The summed E-state index contributed by atoms with van der Waals surface area (Å²) in [7, 11) is 1.65. The fraction of sp³-hybridized carbons (Fsp3) is 0.611. The molecule has 0 radical (unpaired) electrons. The van der Waals surface area contributed by atoms with E-state index >= 15 is 0 Å². The highest BCUT2D eigenvalue weighted by Gasteiger charge is 2.34. The molecule has 1 heterocycles. The zero-order valence-electron chi connectivity index (χ0n) is 14.2. The van der Waals surface area contributed by atoms with Crippen LogP contribution in [0.1, 0.15) is 35.2 Å². The predicted octanol–water partition coefficient (Wildman–Crippen LogP) is 1.71. The number of hydrogen-bond acceptors (Lipinski definition) is 4. The van der Waals surface area contributed by atoms with Gasteiger partial charge in [-0.1, -0.05) is 18.6 Å². The van der Waals surface area contributed by atoms with Crippen molar-refractivity contribution in [2.45, 2.75) is 37.9 Å². The number of nitrogens with one attached hydrogen (secondary N) is 3. The normalized spacial score (nSPS) is 26.6. The Balaban J connectivity index is 0.00000208. The van der Waals surface area contributed by atoms with Crippen molar-refractivity contribution < 1.29 is 9.53 Å². The summed E-state index contributed by atoms with van der Waals surface area (Å²) in [5, 5.41) is 9.96. The number of amides is 1. The van der Waals surface area contributed by atoms with Crippen molar-refractivity contribution in [1.82, 2.24) is 16.0 Å². The van der Waals surface area contributed by atoms with E-state index in [9.17, 15) is 4.79 Å². The lowest BCUT2D eigenvalue weighted by molar-refractivity contribution is 0.0524. The highest BCUT2D eigenvalue weighted by atomic mass is 35.5. The molecular formula is C18H28ClN3O2. The average molecular weight is 354 g/mol. The summed E-state index contributed by atoms with van der Waals surface area (Å²) in [6, 6.07) is 8.87. The minimum absolute atomic E-state index is 0. The van der Waals surface area contributed by atoms with Gasteiger partial charge in [0.1, 0.15) is 0 Å². The first-order chi connectivity index (χ1) is 11.3. The first kappa shape index (κ1) is 19.2. The van der Waals surface area contributed by atoms with Gasteiger partial charge in [-0.3, -0.25) is 4.79 Å². The Kier molecular flexibility index (Phi) is 7.49. The van der Waals surface area contributed by atoms with Crippen LogP contribution in [-0.2, 0) is 11.3 Å². The monoisotopic (exact) mass is 353 g/mol. The quantitative estimate of drug-likeness (QED) is 0.754. The summed E-state index contributed by atoms with van der Waals surface area (Å²) in [5.41, 5.74) is 1.93. The van der Waals surface area contributed by atoms with Crippen LogP contribution in [0.5, 0.6) is 0 Å². The van der Waals surface area contributed by atoms with Crippen molar-refractivity contribution in [3.63, 3.8) is 0 Å². The largest absolute Gasteiger partial charge is 0.379 e. The van der Waals surface area contributed by atoms with E-state index in [0.717, 1.165) is 26.3 Å². The van der Waals surface area contributed by atoms with Crippen molar-refractivity contribution >= 4 is 18.3 Å². The fourth-order valence-electron chi connectivity index (χ4n) is 3.75. The van der Waals surface area contributed by atoms with E-state index in [-0.39, 0.29) is 18.3 Å². The Morgan fingerprint density at radius 2 is 2.08 bits per heavy atom. The number of hydrogen-bond donors (Lipinski definition) is 3. The molecule has 6 heteroatoms. The minimum Gasteiger partial charge on any atom is -0.379 e. The van der Waals surface area contributed by atoms with E-state index in [1.165, 1.54) is 24.8 Å². The van der Waals surface area contributed by atoms with E-state index < -0.39 is 0 Å². The molecule has 3 atom stereocenters. The van der Waals surface area contributed by atoms with Crippen molar-refractivity contribution in [2.24, 2.45) is 5.92 Å². The molecule has 1 aliphatic heterocycles. The van der Waals surface area contributed by atoms with Gasteiger partial charge in [0.15, 0.2) is 0 Å². The van der Waals surface area contributed by atoms with Crippen LogP contribution in [0.3, 0.4) is 0 Å². The fourth-order valence-corrected chi connectivity index (χ4v) is 3.75. The molecule has 1 amide bonds. The number of ether oxygens (including phenoxy) is 1. The topological polar surface area (TPSA) is 62.4 Å². The predicted molar refractivity (Wildman–Crippen MR) is 97.7 cm³/mol. The van der Waals surface area contributed by atoms with Gasteiger partial charge in [0, 0.05) is 37.8 Å². The molecule has 0 bridgehead atoms. The van der Waals surface area contributed by atoms with Gasteiger partial charge in [0.2, 0.25) is 0 Å². The lowest BCUT2D eigenvalue weighted by atomic mass is 9.94. The van der Waals surface area contributed by atoms with Crippen molar-refractivity contribution in [1.29, 1.82) is 0 Å². The van der Waals surface area contributed by atoms with E-state index in [1.807, 2.05) is 24.3 Å². The van der Waals surface area contributed by atoms with Gasteiger partial charge < -0.3 is 20.7 Å². The van der Waals surface area contributed by atoms with Crippen LogP contribution >= 0.6 is 12.4 Å². The average Bonchev–Trinajstić information content (AvgIpc) is 3.09. The molecule has 1 saturated heterocycles. The molecule has 2 fully saturated rings. The molecule has 1 aromatic rings. The van der Waals surface area contributed by atoms with Crippen molar-refractivity contribution in [3.05, 3.63) is 35.4 Å². The molecule has 134 valence electrons. The van der Waals surface area contributed by atoms with E-state index in [0.29, 0.717) is 23.6 Å². The van der Waals surface area contributed by atoms with E-state index in [4.69, 9.17) is 4.74 Å². The molecule has 24 heavy (non-hydrogen) atoms. The Bertz CT molecular complexity index is 518. The van der Waals surface area contributed by atoms with E-state index in [2.05, 4.69) is 16.0 Å². The minimum atomic E-state index is -0.0382. The standard InChI is InChI=1S/C18H27N3O2.ClH/c1-19-18(22)14-7-5-13(6-8-14)11-21-16-4-2-3-15(16)17-12-23-10-9-20-17;/h5-8,15-17,20-21H,2-4,9-12H2,1H3,(H,19,22);1H. The SMILES string of the molecule is CNC(=O)c1ccc(CNC2CCCC2C2COCCN2)cc1.Cl. The highest BCUT2D eigenvalue weighted by Crippen LogP contribution is 2.29. The number of morpholine rings is 1. The third kappa shape index (κ3) is 4.70. The second-order valence-corrected chi connectivity index (χ2v) is 6.49. The maximum absolute atomic E-state index is 11.6. The lowest BCUT2D eigenvalue weighted by Gasteiger charge is -2.33. The Morgan fingerprint density at radius 1 is 1.29 bits per heavy atom. The molecule has 1 saturated carbocycles.